The van der Waals surface area contributed by atoms with E-state index in [1.165, 1.54) is 12.8 Å². The van der Waals surface area contributed by atoms with E-state index in [9.17, 15) is 4.79 Å². The fourth-order valence-corrected chi connectivity index (χ4v) is 2.79. The standard InChI is InChI=1S/C16H22N6O/c1-20(11-13-10-18-21(2)12-13)16(23)19-14-6-5-7-17-15(14)22-8-3-4-9-22/h5-7,10,12H,3-4,8-9,11H2,1-2H3,(H,19,23). The van der Waals surface area contributed by atoms with Crippen LogP contribution in [0.3, 0.4) is 0 Å². The van der Waals surface area contributed by atoms with Gasteiger partial charge in [-0.1, -0.05) is 0 Å². The van der Waals surface area contributed by atoms with Crippen LogP contribution in [0.1, 0.15) is 18.4 Å². The fraction of sp³-hybridized carbons (Fsp3) is 0.438. The number of nitrogens with zero attached hydrogens (tertiary/aromatic N) is 5. The van der Waals surface area contributed by atoms with Crippen LogP contribution < -0.4 is 10.2 Å². The molecule has 2 aromatic heterocycles. The maximum atomic E-state index is 12.4. The molecule has 0 unspecified atom stereocenters. The van der Waals surface area contributed by atoms with E-state index >= 15 is 0 Å². The fourth-order valence-electron chi connectivity index (χ4n) is 2.79. The van der Waals surface area contributed by atoms with E-state index in [-0.39, 0.29) is 6.03 Å². The number of aryl methyl sites for hydroxylation is 1. The predicted octanol–water partition coefficient (Wildman–Crippen LogP) is 2.08. The Hall–Kier alpha value is -2.57. The molecule has 0 aromatic carbocycles. The van der Waals surface area contributed by atoms with Crippen LogP contribution in [0, 0.1) is 0 Å². The van der Waals surface area contributed by atoms with Gasteiger partial charge < -0.3 is 15.1 Å². The molecule has 0 atom stereocenters. The third kappa shape index (κ3) is 3.61. The molecule has 2 aromatic rings. The van der Waals surface area contributed by atoms with Crippen LogP contribution in [0.5, 0.6) is 0 Å². The Morgan fingerprint density at radius 2 is 2.17 bits per heavy atom. The molecule has 23 heavy (non-hydrogen) atoms. The number of aromatic nitrogens is 3. The number of pyridine rings is 1. The maximum absolute atomic E-state index is 12.4. The molecule has 7 heteroatoms. The summed E-state index contributed by atoms with van der Waals surface area (Å²) in [5.74, 6) is 0.855. The summed E-state index contributed by atoms with van der Waals surface area (Å²) in [7, 11) is 3.63. The number of amides is 2. The van der Waals surface area contributed by atoms with Gasteiger partial charge in [-0.25, -0.2) is 9.78 Å². The monoisotopic (exact) mass is 314 g/mol. The minimum atomic E-state index is -0.151. The van der Waals surface area contributed by atoms with Crippen LogP contribution in [0.4, 0.5) is 16.3 Å². The van der Waals surface area contributed by atoms with Crippen LogP contribution in [0.2, 0.25) is 0 Å². The van der Waals surface area contributed by atoms with Crippen LogP contribution in [0.25, 0.3) is 0 Å². The minimum absolute atomic E-state index is 0.151. The molecule has 7 nitrogen and oxygen atoms in total. The van der Waals surface area contributed by atoms with Gasteiger partial charge in [-0.05, 0) is 25.0 Å². The van der Waals surface area contributed by atoms with E-state index in [4.69, 9.17) is 0 Å². The van der Waals surface area contributed by atoms with Crippen LogP contribution in [-0.4, -0.2) is 45.8 Å². The molecule has 0 spiro atoms. The largest absolute Gasteiger partial charge is 0.355 e. The average molecular weight is 314 g/mol. The van der Waals surface area contributed by atoms with Gasteiger partial charge in [0, 0.05) is 45.1 Å². The van der Waals surface area contributed by atoms with E-state index in [1.807, 2.05) is 25.4 Å². The predicted molar refractivity (Wildman–Crippen MR) is 89.4 cm³/mol. The Morgan fingerprint density at radius 1 is 1.39 bits per heavy atom. The van der Waals surface area contributed by atoms with Gasteiger partial charge in [-0.2, -0.15) is 5.10 Å². The Labute approximate surface area is 135 Å². The Bertz CT molecular complexity index is 677. The SMILES string of the molecule is CN(Cc1cnn(C)c1)C(=O)Nc1cccnc1N1CCCC1. The van der Waals surface area contributed by atoms with Crippen molar-refractivity contribution >= 4 is 17.5 Å². The van der Waals surface area contributed by atoms with Gasteiger partial charge in [0.05, 0.1) is 18.4 Å². The zero-order chi connectivity index (χ0) is 16.2. The van der Waals surface area contributed by atoms with Gasteiger partial charge in [0.2, 0.25) is 0 Å². The molecule has 3 heterocycles. The van der Waals surface area contributed by atoms with Crippen molar-refractivity contribution in [2.75, 3.05) is 30.4 Å². The lowest BCUT2D eigenvalue weighted by atomic mass is 10.3. The Kier molecular flexibility index (Phi) is 4.45. The Balaban J connectivity index is 1.67. The third-order valence-corrected chi connectivity index (χ3v) is 3.96. The molecule has 1 aliphatic heterocycles. The van der Waals surface area contributed by atoms with Crippen molar-refractivity contribution in [3.8, 4) is 0 Å². The van der Waals surface area contributed by atoms with Crippen molar-refractivity contribution in [1.29, 1.82) is 0 Å². The van der Waals surface area contributed by atoms with Gasteiger partial charge >= 0.3 is 6.03 Å². The van der Waals surface area contributed by atoms with E-state index < -0.39 is 0 Å². The van der Waals surface area contributed by atoms with Gasteiger partial charge in [0.25, 0.3) is 0 Å². The molecule has 122 valence electrons. The minimum Gasteiger partial charge on any atom is -0.355 e. The number of hydrogen-bond donors (Lipinski definition) is 1. The highest BCUT2D eigenvalue weighted by Gasteiger charge is 2.19. The van der Waals surface area contributed by atoms with E-state index in [0.717, 1.165) is 30.2 Å². The van der Waals surface area contributed by atoms with E-state index in [2.05, 4.69) is 20.3 Å². The van der Waals surface area contributed by atoms with Gasteiger partial charge in [0.1, 0.15) is 0 Å². The molecule has 1 aliphatic rings. The molecule has 0 radical (unpaired) electrons. The van der Waals surface area contributed by atoms with Crippen molar-refractivity contribution in [3.63, 3.8) is 0 Å². The molecular formula is C16H22N6O. The highest BCUT2D eigenvalue weighted by atomic mass is 16.2. The van der Waals surface area contributed by atoms with Crippen molar-refractivity contribution in [2.45, 2.75) is 19.4 Å². The zero-order valence-electron chi connectivity index (χ0n) is 13.6. The normalized spacial score (nSPS) is 14.1. The van der Waals surface area contributed by atoms with Crippen molar-refractivity contribution < 1.29 is 4.79 Å². The van der Waals surface area contributed by atoms with Gasteiger partial charge in [0.15, 0.2) is 5.82 Å². The first-order valence-electron chi connectivity index (χ1n) is 7.83. The van der Waals surface area contributed by atoms with Crippen LogP contribution in [-0.2, 0) is 13.6 Å². The number of carbonyl (C=O) groups is 1. The van der Waals surface area contributed by atoms with Gasteiger partial charge in [-0.3, -0.25) is 4.68 Å². The first kappa shape index (κ1) is 15.3. The van der Waals surface area contributed by atoms with Crippen molar-refractivity contribution in [2.24, 2.45) is 7.05 Å². The van der Waals surface area contributed by atoms with Crippen molar-refractivity contribution in [3.05, 3.63) is 36.3 Å². The number of hydrogen-bond acceptors (Lipinski definition) is 4. The van der Waals surface area contributed by atoms with Gasteiger partial charge in [-0.15, -0.1) is 0 Å². The summed E-state index contributed by atoms with van der Waals surface area (Å²) < 4.78 is 1.73. The lowest BCUT2D eigenvalue weighted by Gasteiger charge is -2.22. The number of rotatable bonds is 4. The topological polar surface area (TPSA) is 66.3 Å². The summed E-state index contributed by atoms with van der Waals surface area (Å²) >= 11 is 0. The highest BCUT2D eigenvalue weighted by Crippen LogP contribution is 2.26. The summed E-state index contributed by atoms with van der Waals surface area (Å²) in [4.78, 5) is 20.7. The summed E-state index contributed by atoms with van der Waals surface area (Å²) in [5, 5.41) is 7.09. The zero-order valence-corrected chi connectivity index (χ0v) is 13.6. The number of urea groups is 1. The second kappa shape index (κ2) is 6.68. The molecule has 1 saturated heterocycles. The second-order valence-corrected chi connectivity index (χ2v) is 5.88. The quantitative estimate of drug-likeness (QED) is 0.938. The highest BCUT2D eigenvalue weighted by molar-refractivity contribution is 5.92. The number of anilines is 2. The van der Waals surface area contributed by atoms with E-state index in [1.54, 1.807) is 29.0 Å². The van der Waals surface area contributed by atoms with Crippen LogP contribution >= 0.6 is 0 Å². The summed E-state index contributed by atoms with van der Waals surface area (Å²) in [6, 6.07) is 3.59. The molecule has 0 bridgehead atoms. The number of carbonyl (C=O) groups excluding carboxylic acids is 1. The molecule has 1 fully saturated rings. The first-order chi connectivity index (χ1) is 11.1. The van der Waals surface area contributed by atoms with Crippen LogP contribution in [0.15, 0.2) is 30.7 Å². The smallest absolute Gasteiger partial charge is 0.321 e. The molecule has 3 rings (SSSR count). The molecule has 1 N–H and O–H groups in total. The summed E-state index contributed by atoms with van der Waals surface area (Å²) in [6.45, 7) is 2.50. The summed E-state index contributed by atoms with van der Waals surface area (Å²) in [5.41, 5.74) is 1.76. The molecular weight excluding hydrogens is 292 g/mol. The second-order valence-electron chi connectivity index (χ2n) is 5.88. The lowest BCUT2D eigenvalue weighted by molar-refractivity contribution is 0.220. The molecule has 2 amide bonds. The lowest BCUT2D eigenvalue weighted by Crippen LogP contribution is -2.31. The van der Waals surface area contributed by atoms with Crippen molar-refractivity contribution in [1.82, 2.24) is 19.7 Å². The average Bonchev–Trinajstić information content (AvgIpc) is 3.19. The first-order valence-corrected chi connectivity index (χ1v) is 7.83. The maximum Gasteiger partial charge on any atom is 0.321 e. The Morgan fingerprint density at radius 3 is 2.87 bits per heavy atom. The third-order valence-electron chi connectivity index (χ3n) is 3.96. The number of nitrogens with one attached hydrogen (secondary N) is 1. The summed E-state index contributed by atoms with van der Waals surface area (Å²) in [6.07, 6.45) is 7.78. The molecule has 0 saturated carbocycles. The van der Waals surface area contributed by atoms with E-state index in [0.29, 0.717) is 6.54 Å². The molecule has 0 aliphatic carbocycles.